The van der Waals surface area contributed by atoms with Gasteiger partial charge in [0, 0.05) is 10.3 Å². The van der Waals surface area contributed by atoms with Crippen LogP contribution in [0.3, 0.4) is 0 Å². The summed E-state index contributed by atoms with van der Waals surface area (Å²) in [5.74, 6) is 2.61. The summed E-state index contributed by atoms with van der Waals surface area (Å²) in [5.41, 5.74) is 7.28. The molecule has 1 fully saturated rings. The van der Waals surface area contributed by atoms with Crippen LogP contribution in [0.4, 0.5) is 0 Å². The number of hydrogen-bond donors (Lipinski definition) is 1. The Bertz CT molecular complexity index is 179. The normalized spacial score (nSPS) is 20.1. The maximum absolute atomic E-state index is 5.73. The molecule has 13 heavy (non-hydrogen) atoms. The first kappa shape index (κ1) is 11.5. The maximum Gasteiger partial charge on any atom is 0.0390 e. The molecular formula is C10H19NS2. The highest BCUT2D eigenvalue weighted by Gasteiger charge is 2.09. The predicted octanol–water partition coefficient (Wildman–Crippen LogP) is 3.22. The van der Waals surface area contributed by atoms with Crippen LogP contribution in [0.25, 0.3) is 0 Å². The van der Waals surface area contributed by atoms with Gasteiger partial charge in [-0.05, 0) is 44.6 Å². The standard InChI is InChI=1S/C10H19NS2/c1-8(4-5-9(2)11)10-12-6-3-7-13-10/h9H,3-7,11H2,1-2H3. The van der Waals surface area contributed by atoms with E-state index in [0.717, 1.165) is 6.42 Å². The van der Waals surface area contributed by atoms with Gasteiger partial charge in [-0.15, -0.1) is 23.5 Å². The first-order chi connectivity index (χ1) is 6.20. The number of thioether (sulfide) groups is 2. The van der Waals surface area contributed by atoms with Crippen LogP contribution >= 0.6 is 23.5 Å². The van der Waals surface area contributed by atoms with Crippen molar-refractivity contribution in [3.05, 3.63) is 9.81 Å². The Labute approximate surface area is 89.9 Å². The van der Waals surface area contributed by atoms with Gasteiger partial charge in [0.15, 0.2) is 0 Å². The second-order valence-electron chi connectivity index (χ2n) is 3.63. The van der Waals surface area contributed by atoms with Gasteiger partial charge in [0.25, 0.3) is 0 Å². The minimum absolute atomic E-state index is 0.342. The Morgan fingerprint density at radius 1 is 1.46 bits per heavy atom. The molecule has 0 aromatic heterocycles. The van der Waals surface area contributed by atoms with Gasteiger partial charge in [0.1, 0.15) is 0 Å². The van der Waals surface area contributed by atoms with E-state index in [9.17, 15) is 0 Å². The fourth-order valence-electron chi connectivity index (χ4n) is 1.22. The van der Waals surface area contributed by atoms with E-state index in [4.69, 9.17) is 5.73 Å². The average Bonchev–Trinajstić information content (AvgIpc) is 2.15. The molecule has 0 aromatic carbocycles. The highest BCUT2D eigenvalue weighted by molar-refractivity contribution is 8.22. The molecule has 0 aliphatic carbocycles. The van der Waals surface area contributed by atoms with Gasteiger partial charge in [-0.3, -0.25) is 0 Å². The molecule has 0 radical (unpaired) electrons. The lowest BCUT2D eigenvalue weighted by atomic mass is 10.1. The third kappa shape index (κ3) is 4.43. The summed E-state index contributed by atoms with van der Waals surface area (Å²) >= 11 is 4.05. The molecule has 1 rings (SSSR count). The molecule has 1 nitrogen and oxygen atoms in total. The Hall–Kier alpha value is 0.400. The summed E-state index contributed by atoms with van der Waals surface area (Å²) in [5, 5.41) is 0. The van der Waals surface area contributed by atoms with Crippen LogP contribution in [-0.4, -0.2) is 17.5 Å². The zero-order valence-corrected chi connectivity index (χ0v) is 10.1. The van der Waals surface area contributed by atoms with E-state index in [1.165, 1.54) is 24.3 Å². The van der Waals surface area contributed by atoms with Crippen molar-refractivity contribution in [1.29, 1.82) is 0 Å². The van der Waals surface area contributed by atoms with Crippen LogP contribution in [0.2, 0.25) is 0 Å². The second-order valence-corrected chi connectivity index (χ2v) is 6.10. The van der Waals surface area contributed by atoms with Gasteiger partial charge in [-0.1, -0.05) is 5.57 Å². The summed E-state index contributed by atoms with van der Waals surface area (Å²) in [6.45, 7) is 4.34. The molecule has 0 amide bonds. The zero-order valence-electron chi connectivity index (χ0n) is 8.51. The van der Waals surface area contributed by atoms with Gasteiger partial charge in [-0.25, -0.2) is 0 Å². The highest BCUT2D eigenvalue weighted by Crippen LogP contribution is 2.38. The quantitative estimate of drug-likeness (QED) is 0.786. The van der Waals surface area contributed by atoms with E-state index >= 15 is 0 Å². The third-order valence-electron chi connectivity index (χ3n) is 2.08. The number of rotatable bonds is 3. The Kier molecular flexibility index (Phi) is 5.29. The van der Waals surface area contributed by atoms with Crippen molar-refractivity contribution < 1.29 is 0 Å². The maximum atomic E-state index is 5.73. The van der Waals surface area contributed by atoms with Crippen LogP contribution in [0.15, 0.2) is 9.81 Å². The molecule has 1 atom stereocenters. The minimum Gasteiger partial charge on any atom is -0.328 e. The molecule has 1 aliphatic heterocycles. The van der Waals surface area contributed by atoms with Crippen LogP contribution in [0.1, 0.15) is 33.1 Å². The Morgan fingerprint density at radius 2 is 2.08 bits per heavy atom. The molecule has 0 bridgehead atoms. The second kappa shape index (κ2) is 5.99. The molecule has 1 aliphatic rings. The number of nitrogens with two attached hydrogens (primary N) is 1. The lowest BCUT2D eigenvalue weighted by Crippen LogP contribution is -2.14. The minimum atomic E-state index is 0.342. The van der Waals surface area contributed by atoms with Crippen LogP contribution in [0, 0.1) is 0 Å². The van der Waals surface area contributed by atoms with Crippen molar-refractivity contribution in [2.24, 2.45) is 5.73 Å². The van der Waals surface area contributed by atoms with Gasteiger partial charge < -0.3 is 5.73 Å². The SMILES string of the molecule is CC(CCC(C)N)=C1SCCCS1. The molecule has 2 N–H and O–H groups in total. The van der Waals surface area contributed by atoms with Crippen LogP contribution in [0.5, 0.6) is 0 Å². The summed E-state index contributed by atoms with van der Waals surface area (Å²) in [6.07, 6.45) is 3.66. The highest BCUT2D eigenvalue weighted by atomic mass is 32.2. The van der Waals surface area contributed by atoms with E-state index in [2.05, 4.69) is 13.8 Å². The van der Waals surface area contributed by atoms with Crippen LogP contribution < -0.4 is 5.73 Å². The molecule has 3 heteroatoms. The van der Waals surface area contributed by atoms with Crippen molar-refractivity contribution >= 4 is 23.5 Å². The van der Waals surface area contributed by atoms with Gasteiger partial charge in [-0.2, -0.15) is 0 Å². The van der Waals surface area contributed by atoms with Crippen molar-refractivity contribution in [3.8, 4) is 0 Å². The monoisotopic (exact) mass is 217 g/mol. The van der Waals surface area contributed by atoms with Crippen molar-refractivity contribution in [2.45, 2.75) is 39.2 Å². The molecule has 0 saturated carbocycles. The summed E-state index contributed by atoms with van der Waals surface area (Å²) in [7, 11) is 0. The smallest absolute Gasteiger partial charge is 0.0390 e. The summed E-state index contributed by atoms with van der Waals surface area (Å²) in [6, 6.07) is 0.342. The lowest BCUT2D eigenvalue weighted by molar-refractivity contribution is 0.663. The Balaban J connectivity index is 2.37. The first-order valence-electron chi connectivity index (χ1n) is 4.91. The van der Waals surface area contributed by atoms with E-state index < -0.39 is 0 Å². The molecule has 1 unspecified atom stereocenters. The zero-order chi connectivity index (χ0) is 9.68. The fraction of sp³-hybridized carbons (Fsp3) is 0.800. The number of allylic oxidation sites excluding steroid dienone is 1. The van der Waals surface area contributed by atoms with Gasteiger partial charge in [0.2, 0.25) is 0 Å². The fourth-order valence-corrected chi connectivity index (χ4v) is 3.88. The molecule has 1 saturated heterocycles. The number of hydrogen-bond acceptors (Lipinski definition) is 3. The molecule has 0 spiro atoms. The van der Waals surface area contributed by atoms with Crippen LogP contribution in [-0.2, 0) is 0 Å². The topological polar surface area (TPSA) is 26.0 Å². The summed E-state index contributed by atoms with van der Waals surface area (Å²) < 4.78 is 1.56. The lowest BCUT2D eigenvalue weighted by Gasteiger charge is -2.16. The molecular weight excluding hydrogens is 198 g/mol. The van der Waals surface area contributed by atoms with E-state index in [1.807, 2.05) is 23.5 Å². The third-order valence-corrected chi connectivity index (χ3v) is 4.99. The van der Waals surface area contributed by atoms with Crippen molar-refractivity contribution in [2.75, 3.05) is 11.5 Å². The molecule has 76 valence electrons. The van der Waals surface area contributed by atoms with E-state index in [1.54, 1.807) is 9.81 Å². The largest absolute Gasteiger partial charge is 0.328 e. The van der Waals surface area contributed by atoms with Gasteiger partial charge >= 0.3 is 0 Å². The average molecular weight is 217 g/mol. The molecule has 0 aromatic rings. The van der Waals surface area contributed by atoms with E-state index in [0.29, 0.717) is 6.04 Å². The Morgan fingerprint density at radius 3 is 2.62 bits per heavy atom. The van der Waals surface area contributed by atoms with Gasteiger partial charge in [0.05, 0.1) is 0 Å². The summed E-state index contributed by atoms with van der Waals surface area (Å²) in [4.78, 5) is 0. The van der Waals surface area contributed by atoms with E-state index in [-0.39, 0.29) is 0 Å². The van der Waals surface area contributed by atoms with Crippen molar-refractivity contribution in [3.63, 3.8) is 0 Å². The molecule has 1 heterocycles. The van der Waals surface area contributed by atoms with Crippen molar-refractivity contribution in [1.82, 2.24) is 0 Å². The predicted molar refractivity (Wildman–Crippen MR) is 65.1 cm³/mol. The first-order valence-corrected chi connectivity index (χ1v) is 6.88.